The summed E-state index contributed by atoms with van der Waals surface area (Å²) in [7, 11) is 0. The van der Waals surface area contributed by atoms with Gasteiger partial charge < -0.3 is 14.9 Å². The van der Waals surface area contributed by atoms with Crippen LogP contribution in [0, 0.1) is 6.92 Å². The maximum absolute atomic E-state index is 10.9. The van der Waals surface area contributed by atoms with Gasteiger partial charge in [-0.2, -0.15) is 0 Å². The highest BCUT2D eigenvalue weighted by Crippen LogP contribution is 2.16. The number of hydrogen-bond donors (Lipinski definition) is 2. The number of aryl methyl sites for hydroxylation is 1. The van der Waals surface area contributed by atoms with E-state index in [4.69, 9.17) is 9.63 Å². The molecule has 0 amide bonds. The van der Waals surface area contributed by atoms with Gasteiger partial charge in [-0.25, -0.2) is 0 Å². The highest BCUT2D eigenvalue weighted by Gasteiger charge is 2.12. The maximum atomic E-state index is 10.9. The number of nitrogens with zero attached hydrogens (tertiary/aromatic N) is 1. The first-order valence-electron chi connectivity index (χ1n) is 6.51. The van der Waals surface area contributed by atoms with Crippen molar-refractivity contribution in [2.45, 2.75) is 32.9 Å². The van der Waals surface area contributed by atoms with Gasteiger partial charge in [-0.05, 0) is 25.0 Å². The summed E-state index contributed by atoms with van der Waals surface area (Å²) < 4.78 is 4.99. The van der Waals surface area contributed by atoms with Crippen molar-refractivity contribution in [3.05, 3.63) is 52.9 Å². The van der Waals surface area contributed by atoms with E-state index >= 15 is 0 Å². The van der Waals surface area contributed by atoms with E-state index in [1.165, 1.54) is 0 Å². The molecule has 5 nitrogen and oxygen atoms in total. The predicted octanol–water partition coefficient (Wildman–Crippen LogP) is 2.46. The van der Waals surface area contributed by atoms with Gasteiger partial charge in [0, 0.05) is 19.2 Å². The number of aliphatic carboxylic acids is 1. The van der Waals surface area contributed by atoms with Crippen LogP contribution in [0.3, 0.4) is 0 Å². The number of hydrogen-bond acceptors (Lipinski definition) is 4. The Kier molecular flexibility index (Phi) is 4.53. The lowest BCUT2D eigenvalue weighted by Crippen LogP contribution is -2.13. The van der Waals surface area contributed by atoms with Crippen molar-refractivity contribution in [3.63, 3.8) is 0 Å². The lowest BCUT2D eigenvalue weighted by atomic mass is 10.0. The standard InChI is InChI=1S/C15H18N2O3/c1-10-7-14(17-20-10)9-16-8-12-3-5-13(6-4-12)11(2)15(18)19/h3-7,11,16H,8-9H2,1-2H3,(H,18,19). The van der Waals surface area contributed by atoms with Crippen LogP contribution in [0.5, 0.6) is 0 Å². The van der Waals surface area contributed by atoms with Crippen LogP contribution in [-0.2, 0) is 17.9 Å². The lowest BCUT2D eigenvalue weighted by molar-refractivity contribution is -0.138. The Balaban J connectivity index is 1.86. The molecule has 0 aliphatic heterocycles. The van der Waals surface area contributed by atoms with E-state index in [-0.39, 0.29) is 0 Å². The summed E-state index contributed by atoms with van der Waals surface area (Å²) in [4.78, 5) is 10.9. The van der Waals surface area contributed by atoms with E-state index in [2.05, 4.69) is 10.5 Å². The molecule has 0 saturated heterocycles. The normalized spacial score (nSPS) is 12.3. The van der Waals surface area contributed by atoms with Crippen LogP contribution in [0.15, 0.2) is 34.9 Å². The molecule has 1 aromatic heterocycles. The van der Waals surface area contributed by atoms with E-state index in [9.17, 15) is 4.79 Å². The Hall–Kier alpha value is -2.14. The van der Waals surface area contributed by atoms with E-state index in [1.54, 1.807) is 6.92 Å². The second-order valence-corrected chi connectivity index (χ2v) is 4.83. The molecule has 2 N–H and O–H groups in total. The Bertz CT molecular complexity index is 575. The second-order valence-electron chi connectivity index (χ2n) is 4.83. The molecule has 20 heavy (non-hydrogen) atoms. The molecule has 0 bridgehead atoms. The molecular formula is C15H18N2O3. The number of carboxylic acids is 1. The van der Waals surface area contributed by atoms with Crippen LogP contribution in [0.2, 0.25) is 0 Å². The molecule has 1 unspecified atom stereocenters. The minimum atomic E-state index is -0.808. The van der Waals surface area contributed by atoms with Gasteiger partial charge in [0.1, 0.15) is 5.76 Å². The number of nitrogens with one attached hydrogen (secondary N) is 1. The first kappa shape index (κ1) is 14.3. The summed E-state index contributed by atoms with van der Waals surface area (Å²) in [6, 6.07) is 9.49. The number of benzene rings is 1. The fourth-order valence-electron chi connectivity index (χ4n) is 1.90. The van der Waals surface area contributed by atoms with Gasteiger partial charge in [0.2, 0.25) is 0 Å². The largest absolute Gasteiger partial charge is 0.481 e. The molecule has 1 aromatic carbocycles. The summed E-state index contributed by atoms with van der Waals surface area (Å²) in [5.74, 6) is -0.485. The van der Waals surface area contributed by atoms with E-state index in [0.717, 1.165) is 22.6 Å². The molecule has 1 heterocycles. The van der Waals surface area contributed by atoms with Crippen molar-refractivity contribution in [3.8, 4) is 0 Å². The average molecular weight is 274 g/mol. The fourth-order valence-corrected chi connectivity index (χ4v) is 1.90. The third kappa shape index (κ3) is 3.68. The Morgan fingerprint density at radius 3 is 2.60 bits per heavy atom. The molecule has 0 aliphatic carbocycles. The van der Waals surface area contributed by atoms with E-state index < -0.39 is 11.9 Å². The number of rotatable bonds is 6. The van der Waals surface area contributed by atoms with Crippen LogP contribution in [0.25, 0.3) is 0 Å². The summed E-state index contributed by atoms with van der Waals surface area (Å²) in [5.41, 5.74) is 2.79. The van der Waals surface area contributed by atoms with Gasteiger partial charge in [-0.3, -0.25) is 4.79 Å². The van der Waals surface area contributed by atoms with Gasteiger partial charge >= 0.3 is 5.97 Å². The second kappa shape index (κ2) is 6.34. The van der Waals surface area contributed by atoms with Gasteiger partial charge in [0.25, 0.3) is 0 Å². The maximum Gasteiger partial charge on any atom is 0.310 e. The summed E-state index contributed by atoms with van der Waals surface area (Å²) in [5, 5.41) is 16.1. The van der Waals surface area contributed by atoms with Gasteiger partial charge in [-0.15, -0.1) is 0 Å². The number of aromatic nitrogens is 1. The molecule has 0 aliphatic rings. The van der Waals surface area contributed by atoms with Crippen molar-refractivity contribution in [2.24, 2.45) is 0 Å². The highest BCUT2D eigenvalue weighted by atomic mass is 16.5. The van der Waals surface area contributed by atoms with Crippen LogP contribution in [-0.4, -0.2) is 16.2 Å². The Labute approximate surface area is 117 Å². The molecule has 0 spiro atoms. The molecule has 0 radical (unpaired) electrons. The van der Waals surface area contributed by atoms with Crippen molar-refractivity contribution < 1.29 is 14.4 Å². The number of carboxylic acid groups (broad SMARTS) is 1. The van der Waals surface area contributed by atoms with Crippen LogP contribution < -0.4 is 5.32 Å². The summed E-state index contributed by atoms with van der Waals surface area (Å²) in [6.45, 7) is 4.89. The third-order valence-corrected chi connectivity index (χ3v) is 3.16. The van der Waals surface area contributed by atoms with Gasteiger partial charge in [-0.1, -0.05) is 29.4 Å². The highest BCUT2D eigenvalue weighted by molar-refractivity contribution is 5.75. The van der Waals surface area contributed by atoms with Gasteiger partial charge in [0.15, 0.2) is 0 Å². The van der Waals surface area contributed by atoms with Crippen molar-refractivity contribution in [2.75, 3.05) is 0 Å². The minimum absolute atomic E-state index is 0.477. The zero-order valence-electron chi connectivity index (χ0n) is 11.6. The smallest absolute Gasteiger partial charge is 0.310 e. The van der Waals surface area contributed by atoms with Crippen LogP contribution in [0.1, 0.15) is 35.4 Å². The lowest BCUT2D eigenvalue weighted by Gasteiger charge is -2.08. The first-order valence-corrected chi connectivity index (χ1v) is 6.51. The first-order chi connectivity index (χ1) is 9.56. The molecule has 106 valence electrons. The Morgan fingerprint density at radius 1 is 1.35 bits per heavy atom. The summed E-state index contributed by atoms with van der Waals surface area (Å²) in [6.07, 6.45) is 0. The summed E-state index contributed by atoms with van der Waals surface area (Å²) >= 11 is 0. The molecule has 2 rings (SSSR count). The van der Waals surface area contributed by atoms with Crippen LogP contribution in [0.4, 0.5) is 0 Å². The van der Waals surface area contributed by atoms with Crippen LogP contribution >= 0.6 is 0 Å². The molecule has 0 fully saturated rings. The van der Waals surface area contributed by atoms with Crippen molar-refractivity contribution in [1.29, 1.82) is 0 Å². The fraction of sp³-hybridized carbons (Fsp3) is 0.333. The molecular weight excluding hydrogens is 256 g/mol. The molecule has 0 saturated carbocycles. The van der Waals surface area contributed by atoms with E-state index in [0.29, 0.717) is 13.1 Å². The Morgan fingerprint density at radius 2 is 2.05 bits per heavy atom. The van der Waals surface area contributed by atoms with Gasteiger partial charge in [0.05, 0.1) is 11.6 Å². The third-order valence-electron chi connectivity index (χ3n) is 3.16. The average Bonchev–Trinajstić information content (AvgIpc) is 2.84. The number of carbonyl (C=O) groups is 1. The monoisotopic (exact) mass is 274 g/mol. The van der Waals surface area contributed by atoms with Crippen molar-refractivity contribution in [1.82, 2.24) is 10.5 Å². The zero-order valence-corrected chi connectivity index (χ0v) is 11.6. The predicted molar refractivity (Wildman–Crippen MR) is 74.3 cm³/mol. The molecule has 2 aromatic rings. The molecule has 5 heteroatoms. The zero-order chi connectivity index (χ0) is 14.5. The van der Waals surface area contributed by atoms with E-state index in [1.807, 2.05) is 37.3 Å². The quantitative estimate of drug-likeness (QED) is 0.846. The molecule has 1 atom stereocenters. The van der Waals surface area contributed by atoms with Crippen molar-refractivity contribution >= 4 is 5.97 Å². The minimum Gasteiger partial charge on any atom is -0.481 e. The topological polar surface area (TPSA) is 75.4 Å². The SMILES string of the molecule is Cc1cc(CNCc2ccc(C(C)C(=O)O)cc2)no1.